The highest BCUT2D eigenvalue weighted by atomic mass is 16.6. The third-order valence-electron chi connectivity index (χ3n) is 3.94. The second kappa shape index (κ2) is 8.62. The van der Waals surface area contributed by atoms with Crippen LogP contribution in [0.5, 0.6) is 0 Å². The summed E-state index contributed by atoms with van der Waals surface area (Å²) >= 11 is 0. The molecule has 3 atom stereocenters. The lowest BCUT2D eigenvalue weighted by Gasteiger charge is -2.31. The molecule has 4 nitrogen and oxygen atoms in total. The zero-order chi connectivity index (χ0) is 15.9. The van der Waals surface area contributed by atoms with Gasteiger partial charge in [-0.3, -0.25) is 0 Å². The van der Waals surface area contributed by atoms with Crippen LogP contribution in [0.2, 0.25) is 0 Å². The Kier molecular flexibility index (Phi) is 7.50. The Morgan fingerprint density at radius 1 is 1.19 bits per heavy atom. The smallest absolute Gasteiger partial charge is 0.407 e. The van der Waals surface area contributed by atoms with Gasteiger partial charge in [-0.2, -0.15) is 0 Å². The van der Waals surface area contributed by atoms with E-state index < -0.39 is 5.60 Å². The third kappa shape index (κ3) is 7.70. The molecule has 21 heavy (non-hydrogen) atoms. The molecule has 0 heterocycles. The fraction of sp³-hybridized carbons (Fsp3) is 0.941. The van der Waals surface area contributed by atoms with E-state index in [0.717, 1.165) is 12.8 Å². The molecule has 1 amide bonds. The van der Waals surface area contributed by atoms with Crippen LogP contribution in [0.4, 0.5) is 4.79 Å². The molecular weight excluding hydrogens is 264 g/mol. The van der Waals surface area contributed by atoms with E-state index in [-0.39, 0.29) is 12.1 Å². The molecule has 0 saturated heterocycles. The van der Waals surface area contributed by atoms with Crippen LogP contribution < -0.4 is 10.6 Å². The van der Waals surface area contributed by atoms with Crippen molar-refractivity contribution in [2.24, 2.45) is 0 Å². The number of carbonyl (C=O) groups excluding carboxylic acids is 1. The van der Waals surface area contributed by atoms with Crippen molar-refractivity contribution in [2.45, 2.75) is 103 Å². The van der Waals surface area contributed by atoms with Crippen LogP contribution in [0.1, 0.15) is 79.6 Å². The molecule has 1 saturated carbocycles. The highest BCUT2D eigenvalue weighted by Crippen LogP contribution is 2.20. The maximum atomic E-state index is 12.0. The molecule has 2 N–H and O–H groups in total. The van der Waals surface area contributed by atoms with Crippen molar-refractivity contribution < 1.29 is 9.53 Å². The highest BCUT2D eigenvalue weighted by molar-refractivity contribution is 5.68. The average Bonchev–Trinajstić information content (AvgIpc) is 2.53. The molecule has 0 bridgehead atoms. The quantitative estimate of drug-likeness (QED) is 0.755. The average molecular weight is 298 g/mol. The number of nitrogens with one attached hydrogen (secondary N) is 2. The minimum atomic E-state index is -0.437. The molecule has 0 spiro atoms. The Morgan fingerprint density at radius 2 is 1.81 bits per heavy atom. The SMILES string of the molecule is CCCC(C)NC1CCCCCC1NC(=O)OC(C)(C)C. The molecule has 1 rings (SSSR count). The summed E-state index contributed by atoms with van der Waals surface area (Å²) in [5.74, 6) is 0. The molecule has 0 aromatic carbocycles. The van der Waals surface area contributed by atoms with Gasteiger partial charge in [-0.15, -0.1) is 0 Å². The number of amides is 1. The van der Waals surface area contributed by atoms with Crippen LogP contribution in [-0.2, 0) is 4.74 Å². The molecular formula is C17H34N2O2. The number of hydrogen-bond acceptors (Lipinski definition) is 3. The van der Waals surface area contributed by atoms with Crippen molar-refractivity contribution in [2.75, 3.05) is 0 Å². The van der Waals surface area contributed by atoms with E-state index in [9.17, 15) is 4.79 Å². The Hall–Kier alpha value is -0.770. The summed E-state index contributed by atoms with van der Waals surface area (Å²) in [5, 5.41) is 6.80. The second-order valence-corrected chi connectivity index (χ2v) is 7.35. The first kappa shape index (κ1) is 18.3. The number of rotatable bonds is 5. The standard InChI is InChI=1S/C17H34N2O2/c1-6-10-13(2)18-14-11-8-7-9-12-15(14)19-16(20)21-17(3,4)5/h13-15,18H,6-12H2,1-5H3,(H,19,20). The first-order chi connectivity index (χ1) is 9.81. The summed E-state index contributed by atoms with van der Waals surface area (Å²) in [6.07, 6.45) is 7.92. The Balaban J connectivity index is 2.58. The van der Waals surface area contributed by atoms with Gasteiger partial charge in [0.1, 0.15) is 5.60 Å². The molecule has 3 unspecified atom stereocenters. The topological polar surface area (TPSA) is 50.4 Å². The summed E-state index contributed by atoms with van der Waals surface area (Å²) in [6.45, 7) is 10.1. The molecule has 0 aromatic heterocycles. The van der Waals surface area contributed by atoms with Crippen molar-refractivity contribution in [3.8, 4) is 0 Å². The van der Waals surface area contributed by atoms with E-state index >= 15 is 0 Å². The lowest BCUT2D eigenvalue weighted by molar-refractivity contribution is 0.0488. The van der Waals surface area contributed by atoms with Crippen molar-refractivity contribution in [1.29, 1.82) is 0 Å². The van der Waals surface area contributed by atoms with E-state index in [2.05, 4.69) is 24.5 Å². The van der Waals surface area contributed by atoms with Crippen molar-refractivity contribution in [3.63, 3.8) is 0 Å². The minimum absolute atomic E-state index is 0.182. The van der Waals surface area contributed by atoms with E-state index in [1.54, 1.807) is 0 Å². The van der Waals surface area contributed by atoms with Gasteiger partial charge in [-0.25, -0.2) is 4.79 Å². The van der Waals surface area contributed by atoms with Gasteiger partial charge in [0, 0.05) is 18.1 Å². The Bertz CT molecular complexity index is 312. The van der Waals surface area contributed by atoms with Gasteiger partial charge in [0.15, 0.2) is 0 Å². The predicted octanol–water partition coefficient (Wildman–Crippen LogP) is 3.99. The van der Waals surface area contributed by atoms with Crippen molar-refractivity contribution in [1.82, 2.24) is 10.6 Å². The second-order valence-electron chi connectivity index (χ2n) is 7.35. The molecule has 4 heteroatoms. The van der Waals surface area contributed by atoms with E-state index in [0.29, 0.717) is 12.1 Å². The molecule has 1 fully saturated rings. The summed E-state index contributed by atoms with van der Waals surface area (Å²) in [4.78, 5) is 12.0. The zero-order valence-corrected chi connectivity index (χ0v) is 14.5. The maximum absolute atomic E-state index is 12.0. The summed E-state index contributed by atoms with van der Waals surface area (Å²) in [7, 11) is 0. The largest absolute Gasteiger partial charge is 0.444 e. The van der Waals surface area contributed by atoms with Gasteiger partial charge >= 0.3 is 6.09 Å². The van der Waals surface area contributed by atoms with E-state index in [1.165, 1.54) is 32.1 Å². The molecule has 124 valence electrons. The minimum Gasteiger partial charge on any atom is -0.444 e. The van der Waals surface area contributed by atoms with Crippen molar-refractivity contribution in [3.05, 3.63) is 0 Å². The number of carbonyl (C=O) groups is 1. The van der Waals surface area contributed by atoms with E-state index in [4.69, 9.17) is 4.74 Å². The molecule has 0 aromatic rings. The van der Waals surface area contributed by atoms with Crippen molar-refractivity contribution >= 4 is 6.09 Å². The van der Waals surface area contributed by atoms with Gasteiger partial charge in [-0.05, 0) is 47.0 Å². The summed E-state index contributed by atoms with van der Waals surface area (Å²) in [5.41, 5.74) is -0.437. The predicted molar refractivity (Wildman–Crippen MR) is 87.5 cm³/mol. The monoisotopic (exact) mass is 298 g/mol. The summed E-state index contributed by atoms with van der Waals surface area (Å²) < 4.78 is 5.40. The first-order valence-corrected chi connectivity index (χ1v) is 8.57. The van der Waals surface area contributed by atoms with Crippen LogP contribution in [0, 0.1) is 0 Å². The lowest BCUT2D eigenvalue weighted by Crippen LogP contribution is -2.52. The van der Waals surface area contributed by atoms with Gasteiger partial charge in [0.05, 0.1) is 0 Å². The lowest BCUT2D eigenvalue weighted by atomic mass is 10.0. The first-order valence-electron chi connectivity index (χ1n) is 8.57. The normalized spacial score (nSPS) is 25.0. The molecule has 1 aliphatic carbocycles. The number of ether oxygens (including phenoxy) is 1. The Labute approximate surface area is 130 Å². The molecule has 0 aliphatic heterocycles. The van der Waals surface area contributed by atoms with Gasteiger partial charge in [0.2, 0.25) is 0 Å². The van der Waals surface area contributed by atoms with Crippen LogP contribution in [0.3, 0.4) is 0 Å². The van der Waals surface area contributed by atoms with Crippen LogP contribution in [0.15, 0.2) is 0 Å². The van der Waals surface area contributed by atoms with E-state index in [1.807, 2.05) is 20.8 Å². The third-order valence-corrected chi connectivity index (χ3v) is 3.94. The van der Waals surface area contributed by atoms with Crippen LogP contribution in [-0.4, -0.2) is 29.8 Å². The zero-order valence-electron chi connectivity index (χ0n) is 14.5. The van der Waals surface area contributed by atoms with Gasteiger partial charge < -0.3 is 15.4 Å². The molecule has 0 radical (unpaired) electrons. The fourth-order valence-electron chi connectivity index (χ4n) is 3.02. The maximum Gasteiger partial charge on any atom is 0.407 e. The molecule has 1 aliphatic rings. The van der Waals surface area contributed by atoms with Crippen LogP contribution in [0.25, 0.3) is 0 Å². The van der Waals surface area contributed by atoms with Crippen LogP contribution >= 0.6 is 0 Å². The number of hydrogen-bond donors (Lipinski definition) is 2. The fourth-order valence-corrected chi connectivity index (χ4v) is 3.02. The van der Waals surface area contributed by atoms with Gasteiger partial charge in [-0.1, -0.05) is 32.6 Å². The Morgan fingerprint density at radius 3 is 2.38 bits per heavy atom. The van der Waals surface area contributed by atoms with Gasteiger partial charge in [0.25, 0.3) is 0 Å². The number of alkyl carbamates (subject to hydrolysis) is 1. The highest BCUT2D eigenvalue weighted by Gasteiger charge is 2.27. The summed E-state index contributed by atoms with van der Waals surface area (Å²) in [6, 6.07) is 1.05.